The van der Waals surface area contributed by atoms with Crippen LogP contribution in [0.3, 0.4) is 0 Å². The summed E-state index contributed by atoms with van der Waals surface area (Å²) in [5.41, 5.74) is 14.8. The quantitative estimate of drug-likeness (QED) is 0.192. The molecule has 0 bridgehead atoms. The lowest BCUT2D eigenvalue weighted by molar-refractivity contribution is 0.631. The Balaban J connectivity index is 1.14. The highest BCUT2D eigenvalue weighted by atomic mass is 16.3. The summed E-state index contributed by atoms with van der Waals surface area (Å²) in [7, 11) is 0. The lowest BCUT2D eigenvalue weighted by Crippen LogP contribution is -2.15. The predicted molar refractivity (Wildman–Crippen MR) is 206 cm³/mol. The van der Waals surface area contributed by atoms with Crippen LogP contribution < -0.4 is 0 Å². The molecule has 0 unspecified atom stereocenters. The highest BCUT2D eigenvalue weighted by molar-refractivity contribution is 6.13. The molecule has 0 amide bonds. The number of benzene rings is 7. The van der Waals surface area contributed by atoms with E-state index in [2.05, 4.69) is 152 Å². The van der Waals surface area contributed by atoms with E-state index in [1.165, 1.54) is 66.0 Å². The number of rotatable bonds is 3. The van der Waals surface area contributed by atoms with Crippen LogP contribution in [-0.4, -0.2) is 4.57 Å². The fourth-order valence-electron chi connectivity index (χ4n) is 8.64. The van der Waals surface area contributed by atoms with Crippen molar-refractivity contribution < 1.29 is 8.83 Å². The van der Waals surface area contributed by atoms with Gasteiger partial charge in [-0.1, -0.05) is 98.8 Å². The highest BCUT2D eigenvalue weighted by Crippen LogP contribution is 2.53. The average molecular weight is 642 g/mol. The molecule has 0 saturated carbocycles. The molecule has 0 saturated heterocycles. The van der Waals surface area contributed by atoms with Crippen LogP contribution in [0, 0.1) is 0 Å². The summed E-state index contributed by atoms with van der Waals surface area (Å²) in [6.07, 6.45) is 0. The fourth-order valence-corrected chi connectivity index (χ4v) is 8.64. The molecule has 1 aliphatic carbocycles. The molecule has 3 heterocycles. The van der Waals surface area contributed by atoms with E-state index < -0.39 is 0 Å². The Morgan fingerprint density at radius 2 is 1.18 bits per heavy atom. The summed E-state index contributed by atoms with van der Waals surface area (Å²) in [4.78, 5) is 0. The molecule has 0 fully saturated rings. The van der Waals surface area contributed by atoms with Gasteiger partial charge < -0.3 is 13.4 Å². The van der Waals surface area contributed by atoms with Crippen molar-refractivity contribution >= 4 is 54.7 Å². The second-order valence-corrected chi connectivity index (χ2v) is 14.1. The van der Waals surface area contributed by atoms with E-state index >= 15 is 0 Å². The lowest BCUT2D eigenvalue weighted by Gasteiger charge is -2.23. The maximum absolute atomic E-state index is 6.34. The van der Waals surface area contributed by atoms with Gasteiger partial charge >= 0.3 is 0 Å². The van der Waals surface area contributed by atoms with Crippen molar-refractivity contribution in [3.8, 4) is 39.3 Å². The molecule has 236 valence electrons. The summed E-state index contributed by atoms with van der Waals surface area (Å²) in [6, 6.07) is 54.5. The van der Waals surface area contributed by atoms with Crippen LogP contribution in [-0.2, 0) is 5.41 Å². The van der Waals surface area contributed by atoms with Crippen LogP contribution in [0.25, 0.3) is 94.0 Å². The molecule has 3 nitrogen and oxygen atoms in total. The molecule has 0 aliphatic heterocycles. The topological polar surface area (TPSA) is 31.2 Å². The normalized spacial score (nSPS) is 13.6. The highest BCUT2D eigenvalue weighted by Gasteiger charge is 2.38. The Morgan fingerprint density at radius 3 is 2.00 bits per heavy atom. The largest absolute Gasteiger partial charge is 0.456 e. The van der Waals surface area contributed by atoms with E-state index in [0.29, 0.717) is 0 Å². The second-order valence-electron chi connectivity index (χ2n) is 14.1. The molecule has 0 atom stereocenters. The lowest BCUT2D eigenvalue weighted by atomic mass is 9.80. The van der Waals surface area contributed by atoms with Gasteiger partial charge in [0.25, 0.3) is 0 Å². The first-order valence-electron chi connectivity index (χ1n) is 17.3. The summed E-state index contributed by atoms with van der Waals surface area (Å²) < 4.78 is 15.1. The zero-order valence-corrected chi connectivity index (χ0v) is 27.7. The van der Waals surface area contributed by atoms with Gasteiger partial charge in [-0.05, 0) is 100 Å². The van der Waals surface area contributed by atoms with Gasteiger partial charge in [0.05, 0.1) is 11.0 Å². The molecular formula is C47H31NO2. The third-order valence-electron chi connectivity index (χ3n) is 11.0. The van der Waals surface area contributed by atoms with E-state index in [1.807, 2.05) is 18.2 Å². The summed E-state index contributed by atoms with van der Waals surface area (Å²) >= 11 is 0. The first-order valence-corrected chi connectivity index (χ1v) is 17.3. The van der Waals surface area contributed by atoms with Crippen molar-refractivity contribution in [3.05, 3.63) is 163 Å². The van der Waals surface area contributed by atoms with Gasteiger partial charge in [-0.25, -0.2) is 0 Å². The molecule has 0 spiro atoms. The van der Waals surface area contributed by atoms with Crippen LogP contribution >= 0.6 is 0 Å². The predicted octanol–water partition coefficient (Wildman–Crippen LogP) is 13.1. The zero-order chi connectivity index (χ0) is 33.1. The van der Waals surface area contributed by atoms with E-state index in [9.17, 15) is 0 Å². The number of nitrogens with zero attached hydrogens (tertiary/aromatic N) is 1. The third kappa shape index (κ3) is 3.75. The average Bonchev–Trinajstić information content (AvgIpc) is 3.90. The number of hydrogen-bond donors (Lipinski definition) is 0. The monoisotopic (exact) mass is 641 g/mol. The van der Waals surface area contributed by atoms with E-state index in [1.54, 1.807) is 0 Å². The minimum Gasteiger partial charge on any atom is -0.456 e. The molecule has 10 aromatic rings. The maximum Gasteiger partial charge on any atom is 0.135 e. The number of aromatic nitrogens is 1. The summed E-state index contributed by atoms with van der Waals surface area (Å²) in [6.45, 7) is 4.72. The Bertz CT molecular complexity index is 2970. The van der Waals surface area contributed by atoms with Crippen LogP contribution in [0.4, 0.5) is 0 Å². The zero-order valence-electron chi connectivity index (χ0n) is 27.7. The van der Waals surface area contributed by atoms with Gasteiger partial charge in [0.1, 0.15) is 22.5 Å². The standard InChI is InChI=1S/C47H31NO2/c1-47(2)38-27-32(18-19-33(38)34-20-23-43-45(46(34)47)35-13-7-9-15-42(35)50-43)48-39-21-16-29(28-10-4-3-5-11-28)24-36(39)37-25-31(17-22-40(37)48)44-26-30-12-6-8-14-41(30)49-44/h3-27H,1-2H3. The van der Waals surface area contributed by atoms with Crippen LogP contribution in [0.2, 0.25) is 0 Å². The first kappa shape index (κ1) is 27.6. The van der Waals surface area contributed by atoms with Gasteiger partial charge in [-0.3, -0.25) is 0 Å². The van der Waals surface area contributed by atoms with E-state index in [4.69, 9.17) is 8.83 Å². The van der Waals surface area contributed by atoms with Crippen molar-refractivity contribution in [2.24, 2.45) is 0 Å². The van der Waals surface area contributed by atoms with Crippen molar-refractivity contribution in [3.63, 3.8) is 0 Å². The number of furan rings is 2. The number of fused-ring (bicyclic) bond motifs is 11. The molecule has 50 heavy (non-hydrogen) atoms. The van der Waals surface area contributed by atoms with E-state index in [-0.39, 0.29) is 5.41 Å². The molecule has 3 aromatic heterocycles. The number of hydrogen-bond acceptors (Lipinski definition) is 2. The van der Waals surface area contributed by atoms with Gasteiger partial charge in [-0.2, -0.15) is 0 Å². The molecule has 7 aromatic carbocycles. The second kappa shape index (κ2) is 9.87. The van der Waals surface area contributed by atoms with Crippen LogP contribution in [0.5, 0.6) is 0 Å². The van der Waals surface area contributed by atoms with Gasteiger partial charge in [-0.15, -0.1) is 0 Å². The smallest absolute Gasteiger partial charge is 0.135 e. The van der Waals surface area contributed by atoms with Crippen LogP contribution in [0.15, 0.2) is 160 Å². The summed E-state index contributed by atoms with van der Waals surface area (Å²) in [5.74, 6) is 0.878. The van der Waals surface area contributed by atoms with Crippen molar-refractivity contribution in [2.75, 3.05) is 0 Å². The minimum absolute atomic E-state index is 0.222. The summed E-state index contributed by atoms with van der Waals surface area (Å²) in [5, 5.41) is 5.93. The van der Waals surface area contributed by atoms with Crippen LogP contribution in [0.1, 0.15) is 25.0 Å². The van der Waals surface area contributed by atoms with Gasteiger partial charge in [0.2, 0.25) is 0 Å². The molecule has 11 rings (SSSR count). The van der Waals surface area contributed by atoms with Crippen molar-refractivity contribution in [1.29, 1.82) is 0 Å². The molecule has 0 N–H and O–H groups in total. The fraction of sp³-hybridized carbons (Fsp3) is 0.0638. The third-order valence-corrected chi connectivity index (χ3v) is 11.0. The number of para-hydroxylation sites is 2. The maximum atomic E-state index is 6.34. The van der Waals surface area contributed by atoms with Crippen molar-refractivity contribution in [2.45, 2.75) is 19.3 Å². The Hall–Kier alpha value is -6.32. The molecule has 0 radical (unpaired) electrons. The Kier molecular flexibility index (Phi) is 5.45. The molecule has 3 heteroatoms. The molecular weight excluding hydrogens is 611 g/mol. The minimum atomic E-state index is -0.222. The van der Waals surface area contributed by atoms with Gasteiger partial charge in [0.15, 0.2) is 0 Å². The van der Waals surface area contributed by atoms with Gasteiger partial charge in [0, 0.05) is 43.6 Å². The Labute approximate surface area is 288 Å². The van der Waals surface area contributed by atoms with E-state index in [0.717, 1.165) is 39.1 Å². The SMILES string of the molecule is CC1(C)c2cc(-n3c4ccc(-c5ccccc5)cc4c4cc(-c5cc6ccccc6o5)ccc43)ccc2-c2ccc3oc4ccccc4c3c21. The first-order chi connectivity index (χ1) is 24.5. The van der Waals surface area contributed by atoms with Crippen molar-refractivity contribution in [1.82, 2.24) is 4.57 Å². The Morgan fingerprint density at radius 1 is 0.480 bits per heavy atom. The molecule has 1 aliphatic rings.